The molecule has 0 N–H and O–H groups in total. The lowest BCUT2D eigenvalue weighted by Crippen LogP contribution is -2.49. The minimum atomic E-state index is -1.10. The molecule has 0 atom stereocenters. The van der Waals surface area contributed by atoms with Crippen LogP contribution in [0.4, 0.5) is 5.69 Å². The first-order valence-electron chi connectivity index (χ1n) is 6.85. The van der Waals surface area contributed by atoms with Crippen molar-refractivity contribution in [2.24, 2.45) is 0 Å². The first-order valence-corrected chi connectivity index (χ1v) is 6.85. The Morgan fingerprint density at radius 3 is 1.83 bits per heavy atom. The van der Waals surface area contributed by atoms with Gasteiger partial charge in [-0.25, -0.2) is 0 Å². The molecule has 0 saturated heterocycles. The zero-order valence-electron chi connectivity index (χ0n) is 10.5. The molecule has 0 heterocycles. The molecule has 0 bridgehead atoms. The maximum absolute atomic E-state index is 10.8. The van der Waals surface area contributed by atoms with Gasteiger partial charge in [-0.2, -0.15) is 0 Å². The Kier molecular flexibility index (Phi) is 2.98. The molecule has 0 spiro atoms. The van der Waals surface area contributed by atoms with E-state index in [9.17, 15) is 9.90 Å². The van der Waals surface area contributed by atoms with Gasteiger partial charge in [0.05, 0.1) is 5.97 Å². The molecule has 2 aliphatic carbocycles. The van der Waals surface area contributed by atoms with E-state index in [-0.39, 0.29) is 5.56 Å². The molecule has 0 unspecified atom stereocenters. The lowest BCUT2D eigenvalue weighted by atomic mass is 9.84. The highest BCUT2D eigenvalue weighted by Crippen LogP contribution is 2.37. The molecule has 0 amide bonds. The SMILES string of the molecule is O=C([O-])c1ccc(N(C2CCC2)C2CCC2)cc1. The van der Waals surface area contributed by atoms with Crippen LogP contribution in [0.5, 0.6) is 0 Å². The van der Waals surface area contributed by atoms with Crippen LogP contribution >= 0.6 is 0 Å². The number of anilines is 1. The maximum Gasteiger partial charge on any atom is 0.0715 e. The Balaban J connectivity index is 1.82. The third kappa shape index (κ3) is 1.98. The summed E-state index contributed by atoms with van der Waals surface area (Å²) in [6, 6.07) is 8.53. The van der Waals surface area contributed by atoms with Crippen LogP contribution in [-0.2, 0) is 0 Å². The number of hydrogen-bond acceptors (Lipinski definition) is 3. The number of carboxylic acids is 1. The van der Waals surface area contributed by atoms with Crippen molar-refractivity contribution in [3.05, 3.63) is 29.8 Å². The van der Waals surface area contributed by atoms with E-state index in [0.29, 0.717) is 12.1 Å². The number of hydrogen-bond donors (Lipinski definition) is 0. The van der Waals surface area contributed by atoms with Crippen LogP contribution < -0.4 is 10.0 Å². The smallest absolute Gasteiger partial charge is 0.0715 e. The van der Waals surface area contributed by atoms with Gasteiger partial charge in [-0.15, -0.1) is 0 Å². The van der Waals surface area contributed by atoms with Crippen molar-refractivity contribution in [2.75, 3.05) is 4.90 Å². The van der Waals surface area contributed by atoms with E-state index in [1.807, 2.05) is 12.1 Å². The third-order valence-corrected chi connectivity index (χ3v) is 4.34. The predicted octanol–water partition coefficient (Wildman–Crippen LogP) is 1.96. The predicted molar refractivity (Wildman–Crippen MR) is 68.5 cm³/mol. The number of carbonyl (C=O) groups excluding carboxylic acids is 1. The molecule has 3 nitrogen and oxygen atoms in total. The summed E-state index contributed by atoms with van der Waals surface area (Å²) in [6.45, 7) is 0. The number of carbonyl (C=O) groups is 1. The van der Waals surface area contributed by atoms with Gasteiger partial charge in [0.2, 0.25) is 0 Å². The lowest BCUT2D eigenvalue weighted by Gasteiger charge is -2.47. The summed E-state index contributed by atoms with van der Waals surface area (Å²) in [4.78, 5) is 13.3. The van der Waals surface area contributed by atoms with Crippen molar-refractivity contribution in [3.63, 3.8) is 0 Å². The largest absolute Gasteiger partial charge is 0.545 e. The minimum Gasteiger partial charge on any atom is -0.545 e. The Hall–Kier alpha value is -1.51. The third-order valence-electron chi connectivity index (χ3n) is 4.34. The van der Waals surface area contributed by atoms with Gasteiger partial charge in [-0.1, -0.05) is 12.1 Å². The first-order chi connectivity index (χ1) is 8.75. The second kappa shape index (κ2) is 4.63. The average Bonchev–Trinajstić information content (AvgIpc) is 2.23. The average molecular weight is 244 g/mol. The maximum atomic E-state index is 10.8. The molecule has 0 aliphatic heterocycles. The Labute approximate surface area is 107 Å². The topological polar surface area (TPSA) is 43.4 Å². The van der Waals surface area contributed by atoms with Gasteiger partial charge in [-0.3, -0.25) is 0 Å². The molecule has 2 saturated carbocycles. The Morgan fingerprint density at radius 2 is 1.50 bits per heavy atom. The van der Waals surface area contributed by atoms with Crippen LogP contribution in [0.3, 0.4) is 0 Å². The minimum absolute atomic E-state index is 0.265. The van der Waals surface area contributed by atoms with Gasteiger partial charge in [0.1, 0.15) is 0 Å². The second-order valence-corrected chi connectivity index (χ2v) is 5.41. The molecule has 0 radical (unpaired) electrons. The lowest BCUT2D eigenvalue weighted by molar-refractivity contribution is -0.255. The molecule has 18 heavy (non-hydrogen) atoms. The number of benzene rings is 1. The fourth-order valence-corrected chi connectivity index (χ4v) is 2.82. The molecular formula is C15H18NO2-. The van der Waals surface area contributed by atoms with E-state index >= 15 is 0 Å². The fourth-order valence-electron chi connectivity index (χ4n) is 2.82. The quantitative estimate of drug-likeness (QED) is 0.813. The van der Waals surface area contributed by atoms with Gasteiger partial charge in [0.15, 0.2) is 0 Å². The summed E-state index contributed by atoms with van der Waals surface area (Å²) in [5.74, 6) is -1.10. The Bertz CT molecular complexity index is 418. The highest BCUT2D eigenvalue weighted by molar-refractivity contribution is 5.86. The van der Waals surface area contributed by atoms with Gasteiger partial charge in [-0.05, 0) is 56.2 Å². The van der Waals surface area contributed by atoms with E-state index in [4.69, 9.17) is 0 Å². The molecule has 2 fully saturated rings. The van der Waals surface area contributed by atoms with Crippen LogP contribution in [0, 0.1) is 0 Å². The van der Waals surface area contributed by atoms with Crippen molar-refractivity contribution in [1.82, 2.24) is 0 Å². The molecule has 3 heteroatoms. The van der Waals surface area contributed by atoms with Crippen LogP contribution in [0.1, 0.15) is 48.9 Å². The van der Waals surface area contributed by atoms with Crippen LogP contribution in [0.2, 0.25) is 0 Å². The molecule has 0 aromatic heterocycles. The van der Waals surface area contributed by atoms with Gasteiger partial charge >= 0.3 is 0 Å². The molecular weight excluding hydrogens is 226 g/mol. The molecule has 3 rings (SSSR count). The van der Waals surface area contributed by atoms with E-state index in [1.54, 1.807) is 12.1 Å². The van der Waals surface area contributed by atoms with E-state index in [2.05, 4.69) is 4.90 Å². The zero-order chi connectivity index (χ0) is 12.5. The summed E-state index contributed by atoms with van der Waals surface area (Å²) in [6.07, 6.45) is 7.75. The van der Waals surface area contributed by atoms with Crippen LogP contribution in [0.25, 0.3) is 0 Å². The van der Waals surface area contributed by atoms with Crippen molar-refractivity contribution in [3.8, 4) is 0 Å². The van der Waals surface area contributed by atoms with E-state index in [0.717, 1.165) is 0 Å². The van der Waals surface area contributed by atoms with E-state index < -0.39 is 5.97 Å². The van der Waals surface area contributed by atoms with Gasteiger partial charge < -0.3 is 14.8 Å². The highest BCUT2D eigenvalue weighted by atomic mass is 16.4. The standard InChI is InChI=1S/C15H19NO2/c17-15(18)11-7-9-14(10-8-11)16(12-3-1-4-12)13-5-2-6-13/h7-10,12-13H,1-6H2,(H,17,18)/p-1. The first kappa shape index (κ1) is 11.6. The molecule has 2 aliphatic rings. The van der Waals surface area contributed by atoms with Gasteiger partial charge in [0.25, 0.3) is 0 Å². The summed E-state index contributed by atoms with van der Waals surface area (Å²) in [7, 11) is 0. The van der Waals surface area contributed by atoms with Crippen molar-refractivity contribution < 1.29 is 9.90 Å². The van der Waals surface area contributed by atoms with Crippen molar-refractivity contribution in [1.29, 1.82) is 0 Å². The van der Waals surface area contributed by atoms with Crippen LogP contribution in [0.15, 0.2) is 24.3 Å². The zero-order valence-corrected chi connectivity index (χ0v) is 10.5. The number of aromatic carboxylic acids is 1. The summed E-state index contributed by atoms with van der Waals surface area (Å²) in [5, 5.41) is 10.8. The normalized spacial score (nSPS) is 20.0. The number of nitrogens with zero attached hydrogens (tertiary/aromatic N) is 1. The Morgan fingerprint density at radius 1 is 1.00 bits per heavy atom. The monoisotopic (exact) mass is 244 g/mol. The molecule has 96 valence electrons. The summed E-state index contributed by atoms with van der Waals surface area (Å²) >= 11 is 0. The number of rotatable bonds is 4. The van der Waals surface area contributed by atoms with Crippen molar-refractivity contribution in [2.45, 2.75) is 50.6 Å². The second-order valence-electron chi connectivity index (χ2n) is 5.41. The number of carboxylic acid groups (broad SMARTS) is 1. The van der Waals surface area contributed by atoms with Crippen LogP contribution in [-0.4, -0.2) is 18.1 Å². The summed E-state index contributed by atoms with van der Waals surface area (Å²) < 4.78 is 0. The molecule has 1 aromatic rings. The van der Waals surface area contributed by atoms with Crippen molar-refractivity contribution >= 4 is 11.7 Å². The summed E-state index contributed by atoms with van der Waals surface area (Å²) in [5.41, 5.74) is 1.44. The highest BCUT2D eigenvalue weighted by Gasteiger charge is 2.33. The molecule has 1 aromatic carbocycles. The fraction of sp³-hybridized carbons (Fsp3) is 0.533. The van der Waals surface area contributed by atoms with E-state index in [1.165, 1.54) is 44.2 Å². The van der Waals surface area contributed by atoms with Gasteiger partial charge in [0, 0.05) is 17.8 Å².